The highest BCUT2D eigenvalue weighted by Crippen LogP contribution is 2.07. The molecule has 1 fully saturated rings. The maximum absolute atomic E-state index is 5.84. The van der Waals surface area contributed by atoms with Crippen molar-refractivity contribution in [3.05, 3.63) is 24.2 Å². The van der Waals surface area contributed by atoms with Crippen LogP contribution in [-0.4, -0.2) is 38.9 Å². The lowest BCUT2D eigenvalue weighted by Gasteiger charge is -2.22. The maximum atomic E-state index is 5.84. The van der Waals surface area contributed by atoms with Crippen molar-refractivity contribution < 1.29 is 9.15 Å². The van der Waals surface area contributed by atoms with Gasteiger partial charge in [0, 0.05) is 19.6 Å². The normalized spacial score (nSPS) is 17.1. The lowest BCUT2D eigenvalue weighted by molar-refractivity contribution is 0.0318. The van der Waals surface area contributed by atoms with E-state index in [2.05, 4.69) is 10.6 Å². The van der Waals surface area contributed by atoms with Crippen LogP contribution in [0.4, 0.5) is 0 Å². The van der Waals surface area contributed by atoms with E-state index >= 15 is 0 Å². The molecule has 1 aromatic rings. The van der Waals surface area contributed by atoms with Gasteiger partial charge in [-0.3, -0.25) is 0 Å². The lowest BCUT2D eigenvalue weighted by atomic mass is 10.1. The third kappa shape index (κ3) is 5.21. The molecule has 2 rings (SSSR count). The van der Waals surface area contributed by atoms with Crippen LogP contribution in [0.2, 0.25) is 0 Å². The van der Waals surface area contributed by atoms with Crippen molar-refractivity contribution >= 4 is 0 Å². The van der Waals surface area contributed by atoms with E-state index in [0.717, 1.165) is 64.2 Å². The number of ether oxygens (including phenoxy) is 1. The van der Waals surface area contributed by atoms with Crippen LogP contribution < -0.4 is 10.6 Å². The second-order valence-corrected chi connectivity index (χ2v) is 4.75. The molecule has 0 aliphatic carbocycles. The van der Waals surface area contributed by atoms with Gasteiger partial charge in [-0.05, 0) is 51.0 Å². The molecule has 1 aromatic heterocycles. The van der Waals surface area contributed by atoms with Crippen LogP contribution in [0.15, 0.2) is 22.8 Å². The molecule has 1 saturated heterocycles. The Hall–Kier alpha value is -0.840. The van der Waals surface area contributed by atoms with Crippen LogP contribution in [0.1, 0.15) is 25.0 Å². The molecule has 0 amide bonds. The third-order valence-electron chi connectivity index (χ3n) is 3.27. The minimum atomic E-state index is 0.481. The molecular weight excluding hydrogens is 228 g/mol. The molecule has 0 unspecified atom stereocenters. The van der Waals surface area contributed by atoms with Crippen molar-refractivity contribution in [3.63, 3.8) is 0 Å². The van der Waals surface area contributed by atoms with Crippen LogP contribution >= 0.6 is 0 Å². The zero-order valence-corrected chi connectivity index (χ0v) is 11.0. The first-order chi connectivity index (χ1) is 8.95. The minimum absolute atomic E-state index is 0.481. The average molecular weight is 252 g/mol. The SMILES string of the molecule is c1coc(CCNCCCOC2CCNCC2)c1. The summed E-state index contributed by atoms with van der Waals surface area (Å²) in [6.07, 6.45) is 6.57. The van der Waals surface area contributed by atoms with E-state index in [0.29, 0.717) is 6.10 Å². The van der Waals surface area contributed by atoms with Gasteiger partial charge in [0.2, 0.25) is 0 Å². The first-order valence-corrected chi connectivity index (χ1v) is 7.00. The Kier molecular flexibility index (Phi) is 6.26. The summed E-state index contributed by atoms with van der Waals surface area (Å²) in [5.41, 5.74) is 0. The molecule has 18 heavy (non-hydrogen) atoms. The van der Waals surface area contributed by atoms with Crippen molar-refractivity contribution in [2.24, 2.45) is 0 Å². The van der Waals surface area contributed by atoms with Gasteiger partial charge in [0.15, 0.2) is 0 Å². The van der Waals surface area contributed by atoms with Gasteiger partial charge in [-0.15, -0.1) is 0 Å². The minimum Gasteiger partial charge on any atom is -0.469 e. The van der Waals surface area contributed by atoms with Crippen molar-refractivity contribution in [1.82, 2.24) is 10.6 Å². The Morgan fingerprint density at radius 3 is 3.00 bits per heavy atom. The van der Waals surface area contributed by atoms with E-state index in [1.807, 2.05) is 12.1 Å². The van der Waals surface area contributed by atoms with Crippen molar-refractivity contribution in [2.45, 2.75) is 31.8 Å². The van der Waals surface area contributed by atoms with Crippen molar-refractivity contribution in [2.75, 3.05) is 32.8 Å². The highest BCUT2D eigenvalue weighted by atomic mass is 16.5. The Labute approximate surface area is 109 Å². The van der Waals surface area contributed by atoms with Gasteiger partial charge in [-0.1, -0.05) is 0 Å². The number of rotatable bonds is 8. The third-order valence-corrected chi connectivity index (χ3v) is 3.27. The molecule has 0 bridgehead atoms. The van der Waals surface area contributed by atoms with Crippen molar-refractivity contribution in [3.8, 4) is 0 Å². The molecule has 0 spiro atoms. The largest absolute Gasteiger partial charge is 0.469 e. The van der Waals surface area contributed by atoms with Gasteiger partial charge in [0.25, 0.3) is 0 Å². The summed E-state index contributed by atoms with van der Waals surface area (Å²) in [7, 11) is 0. The number of hydrogen-bond acceptors (Lipinski definition) is 4. The van der Waals surface area contributed by atoms with E-state index in [9.17, 15) is 0 Å². The Bertz CT molecular complexity index is 295. The van der Waals surface area contributed by atoms with Crippen LogP contribution in [0.5, 0.6) is 0 Å². The molecule has 1 aliphatic rings. The van der Waals surface area contributed by atoms with Gasteiger partial charge in [0.05, 0.1) is 12.4 Å². The second-order valence-electron chi connectivity index (χ2n) is 4.75. The summed E-state index contributed by atoms with van der Waals surface area (Å²) in [6, 6.07) is 3.95. The average Bonchev–Trinajstić information content (AvgIpc) is 2.92. The zero-order valence-electron chi connectivity index (χ0n) is 11.0. The number of hydrogen-bond donors (Lipinski definition) is 2. The van der Waals surface area contributed by atoms with Crippen LogP contribution in [0.25, 0.3) is 0 Å². The Morgan fingerprint density at radius 2 is 2.22 bits per heavy atom. The molecule has 0 aromatic carbocycles. The number of nitrogens with one attached hydrogen (secondary N) is 2. The molecule has 0 saturated carbocycles. The molecule has 4 heteroatoms. The Balaban J connectivity index is 1.39. The topological polar surface area (TPSA) is 46.4 Å². The zero-order chi connectivity index (χ0) is 12.5. The van der Waals surface area contributed by atoms with E-state index in [1.165, 1.54) is 0 Å². The molecule has 0 radical (unpaired) electrons. The molecule has 2 N–H and O–H groups in total. The van der Waals surface area contributed by atoms with Gasteiger partial charge < -0.3 is 19.8 Å². The maximum Gasteiger partial charge on any atom is 0.105 e. The van der Waals surface area contributed by atoms with E-state index in [-0.39, 0.29) is 0 Å². The van der Waals surface area contributed by atoms with Gasteiger partial charge >= 0.3 is 0 Å². The Morgan fingerprint density at radius 1 is 1.33 bits per heavy atom. The fourth-order valence-electron chi connectivity index (χ4n) is 2.20. The molecule has 102 valence electrons. The number of piperidine rings is 1. The predicted octanol–water partition coefficient (Wildman–Crippen LogP) is 1.57. The quantitative estimate of drug-likeness (QED) is 0.689. The first-order valence-electron chi connectivity index (χ1n) is 7.00. The monoisotopic (exact) mass is 252 g/mol. The fourth-order valence-corrected chi connectivity index (χ4v) is 2.20. The highest BCUT2D eigenvalue weighted by molar-refractivity contribution is 4.98. The van der Waals surface area contributed by atoms with Gasteiger partial charge in [0.1, 0.15) is 5.76 Å². The van der Waals surface area contributed by atoms with Crippen LogP contribution in [0.3, 0.4) is 0 Å². The lowest BCUT2D eigenvalue weighted by Crippen LogP contribution is -2.33. The second kappa shape index (κ2) is 8.29. The smallest absolute Gasteiger partial charge is 0.105 e. The van der Waals surface area contributed by atoms with E-state index in [4.69, 9.17) is 9.15 Å². The van der Waals surface area contributed by atoms with E-state index < -0.39 is 0 Å². The van der Waals surface area contributed by atoms with Crippen LogP contribution in [0, 0.1) is 0 Å². The summed E-state index contributed by atoms with van der Waals surface area (Å²) >= 11 is 0. The fraction of sp³-hybridized carbons (Fsp3) is 0.714. The number of furan rings is 1. The predicted molar refractivity (Wildman–Crippen MR) is 71.7 cm³/mol. The summed E-state index contributed by atoms with van der Waals surface area (Å²) < 4.78 is 11.1. The molecule has 2 heterocycles. The molecule has 4 nitrogen and oxygen atoms in total. The molecular formula is C14H24N2O2. The van der Waals surface area contributed by atoms with E-state index in [1.54, 1.807) is 6.26 Å². The first kappa shape index (κ1) is 13.6. The summed E-state index contributed by atoms with van der Waals surface area (Å²) in [5, 5.41) is 6.75. The van der Waals surface area contributed by atoms with Gasteiger partial charge in [-0.25, -0.2) is 0 Å². The van der Waals surface area contributed by atoms with Gasteiger partial charge in [-0.2, -0.15) is 0 Å². The molecule has 0 atom stereocenters. The highest BCUT2D eigenvalue weighted by Gasteiger charge is 2.12. The summed E-state index contributed by atoms with van der Waals surface area (Å²) in [5.74, 6) is 1.05. The molecule has 1 aliphatic heterocycles. The summed E-state index contributed by atoms with van der Waals surface area (Å²) in [4.78, 5) is 0. The standard InChI is InChI=1S/C14H24N2O2/c1-3-13(17-11-1)4-8-15-7-2-12-18-14-5-9-16-10-6-14/h1,3,11,14-16H,2,4-10,12H2. The van der Waals surface area contributed by atoms with Crippen molar-refractivity contribution in [1.29, 1.82) is 0 Å². The summed E-state index contributed by atoms with van der Waals surface area (Å²) in [6.45, 7) is 5.07. The van der Waals surface area contributed by atoms with Crippen LogP contribution in [-0.2, 0) is 11.2 Å².